The lowest BCUT2D eigenvalue weighted by atomic mass is 10.1. The molecule has 0 saturated carbocycles. The Morgan fingerprint density at radius 2 is 1.96 bits per heavy atom. The maximum absolute atomic E-state index is 9.53. The number of hydrogen-bond donors (Lipinski definition) is 1. The van der Waals surface area contributed by atoms with Crippen molar-refractivity contribution in [2.24, 2.45) is 0 Å². The van der Waals surface area contributed by atoms with Crippen LogP contribution in [0.5, 0.6) is 5.75 Å². The van der Waals surface area contributed by atoms with Gasteiger partial charge in [-0.25, -0.2) is 0 Å². The van der Waals surface area contributed by atoms with Crippen molar-refractivity contribution in [2.75, 3.05) is 32.8 Å². The second-order valence-corrected chi connectivity index (χ2v) is 6.73. The van der Waals surface area contributed by atoms with Crippen molar-refractivity contribution in [3.8, 4) is 5.75 Å². The maximum atomic E-state index is 9.53. The predicted octanol–water partition coefficient (Wildman–Crippen LogP) is 2.55. The van der Waals surface area contributed by atoms with Gasteiger partial charge >= 0.3 is 0 Å². The number of para-hydroxylation sites is 1. The number of ether oxygens (including phenoxy) is 1. The molecule has 2 heterocycles. The van der Waals surface area contributed by atoms with Gasteiger partial charge in [-0.2, -0.15) is 0 Å². The molecule has 26 heavy (non-hydrogen) atoms. The molecule has 1 N–H and O–H groups in total. The molecule has 0 spiro atoms. The largest absolute Gasteiger partial charge is 0.494 e. The summed E-state index contributed by atoms with van der Waals surface area (Å²) in [5.74, 6) is 0.966. The number of rotatable bonds is 8. The molecule has 1 aliphatic rings. The summed E-state index contributed by atoms with van der Waals surface area (Å²) < 4.78 is 5.78. The number of aliphatic hydroxyl groups excluding tert-OH is 1. The summed E-state index contributed by atoms with van der Waals surface area (Å²) in [7, 11) is 0. The summed E-state index contributed by atoms with van der Waals surface area (Å²) >= 11 is 0. The summed E-state index contributed by atoms with van der Waals surface area (Å²) in [5.41, 5.74) is 2.32. The van der Waals surface area contributed by atoms with E-state index in [-0.39, 0.29) is 6.61 Å². The molecule has 1 aliphatic heterocycles. The first kappa shape index (κ1) is 18.8. The van der Waals surface area contributed by atoms with E-state index in [1.807, 2.05) is 37.4 Å². The van der Waals surface area contributed by atoms with Crippen molar-refractivity contribution in [1.29, 1.82) is 0 Å². The van der Waals surface area contributed by atoms with Crippen molar-refractivity contribution >= 4 is 0 Å². The average Bonchev–Trinajstić information content (AvgIpc) is 2.66. The fraction of sp³-hybridized carbons (Fsp3) is 0.476. The predicted molar refractivity (Wildman–Crippen MR) is 103 cm³/mol. The van der Waals surface area contributed by atoms with Crippen LogP contribution in [0.15, 0.2) is 48.7 Å². The molecule has 2 aromatic rings. The SMILES string of the molecule is CCOc1ccccc1CN1CCN(Cc2ccccn2)CC1CCO. The molecule has 1 fully saturated rings. The molecule has 0 aliphatic carbocycles. The zero-order chi connectivity index (χ0) is 18.2. The highest BCUT2D eigenvalue weighted by Gasteiger charge is 2.27. The Hall–Kier alpha value is -1.95. The Morgan fingerprint density at radius 1 is 1.12 bits per heavy atom. The van der Waals surface area contributed by atoms with E-state index in [2.05, 4.69) is 33.0 Å². The van der Waals surface area contributed by atoms with Gasteiger partial charge in [0.25, 0.3) is 0 Å². The molecule has 0 radical (unpaired) electrons. The maximum Gasteiger partial charge on any atom is 0.123 e. The molecule has 1 saturated heterocycles. The van der Waals surface area contributed by atoms with Crippen LogP contribution >= 0.6 is 0 Å². The first-order chi connectivity index (χ1) is 12.8. The van der Waals surface area contributed by atoms with Gasteiger partial charge in [-0.3, -0.25) is 14.8 Å². The number of benzene rings is 1. The average molecular weight is 355 g/mol. The van der Waals surface area contributed by atoms with E-state index in [0.29, 0.717) is 12.6 Å². The number of aromatic nitrogens is 1. The summed E-state index contributed by atoms with van der Waals surface area (Å²) in [6.45, 7) is 7.58. The lowest BCUT2D eigenvalue weighted by Gasteiger charge is -2.41. The zero-order valence-electron chi connectivity index (χ0n) is 15.6. The lowest BCUT2D eigenvalue weighted by Crippen LogP contribution is -2.52. The monoisotopic (exact) mass is 355 g/mol. The molecule has 5 heteroatoms. The highest BCUT2D eigenvalue weighted by molar-refractivity contribution is 5.33. The Labute approximate surface area is 156 Å². The first-order valence-corrected chi connectivity index (χ1v) is 9.48. The Kier molecular flexibility index (Phi) is 7.00. The fourth-order valence-corrected chi connectivity index (χ4v) is 3.60. The lowest BCUT2D eigenvalue weighted by molar-refractivity contribution is 0.0488. The molecule has 3 rings (SSSR count). The van der Waals surface area contributed by atoms with Gasteiger partial charge in [0.15, 0.2) is 0 Å². The number of hydrogen-bond acceptors (Lipinski definition) is 5. The fourth-order valence-electron chi connectivity index (χ4n) is 3.60. The third-order valence-electron chi connectivity index (χ3n) is 4.91. The van der Waals surface area contributed by atoms with Crippen molar-refractivity contribution in [3.63, 3.8) is 0 Å². The van der Waals surface area contributed by atoms with Crippen LogP contribution in [-0.2, 0) is 13.1 Å². The van der Waals surface area contributed by atoms with Gasteiger partial charge in [0.1, 0.15) is 5.75 Å². The van der Waals surface area contributed by atoms with Crippen LogP contribution in [0.2, 0.25) is 0 Å². The summed E-state index contributed by atoms with van der Waals surface area (Å²) in [5, 5.41) is 9.53. The van der Waals surface area contributed by atoms with Crippen LogP contribution < -0.4 is 4.74 Å². The van der Waals surface area contributed by atoms with Crippen molar-refractivity contribution in [1.82, 2.24) is 14.8 Å². The number of aliphatic hydroxyl groups is 1. The van der Waals surface area contributed by atoms with Crippen LogP contribution in [0.25, 0.3) is 0 Å². The zero-order valence-corrected chi connectivity index (χ0v) is 15.6. The van der Waals surface area contributed by atoms with E-state index in [1.165, 1.54) is 5.56 Å². The molecular formula is C21H29N3O2. The molecule has 140 valence electrons. The van der Waals surface area contributed by atoms with Crippen LogP contribution in [-0.4, -0.2) is 58.8 Å². The quantitative estimate of drug-likeness (QED) is 0.789. The van der Waals surface area contributed by atoms with Crippen molar-refractivity contribution < 1.29 is 9.84 Å². The molecule has 1 atom stereocenters. The van der Waals surface area contributed by atoms with E-state index in [9.17, 15) is 5.11 Å². The highest BCUT2D eigenvalue weighted by atomic mass is 16.5. The Balaban J connectivity index is 1.65. The van der Waals surface area contributed by atoms with Gasteiger partial charge < -0.3 is 9.84 Å². The molecule has 5 nitrogen and oxygen atoms in total. The summed E-state index contributed by atoms with van der Waals surface area (Å²) in [6, 6.07) is 14.7. The topological polar surface area (TPSA) is 48.8 Å². The van der Waals surface area contributed by atoms with Gasteiger partial charge in [-0.1, -0.05) is 24.3 Å². The van der Waals surface area contributed by atoms with E-state index in [4.69, 9.17) is 4.74 Å². The van der Waals surface area contributed by atoms with Crippen LogP contribution in [0.1, 0.15) is 24.6 Å². The van der Waals surface area contributed by atoms with E-state index in [1.54, 1.807) is 0 Å². The molecule has 0 bridgehead atoms. The molecule has 1 unspecified atom stereocenters. The van der Waals surface area contributed by atoms with Gasteiger partial charge in [-0.05, 0) is 31.5 Å². The Morgan fingerprint density at radius 3 is 2.73 bits per heavy atom. The first-order valence-electron chi connectivity index (χ1n) is 9.48. The minimum Gasteiger partial charge on any atom is -0.494 e. The number of piperazine rings is 1. The number of nitrogens with zero attached hydrogens (tertiary/aromatic N) is 3. The second-order valence-electron chi connectivity index (χ2n) is 6.73. The van der Waals surface area contributed by atoms with Gasteiger partial charge in [0.2, 0.25) is 0 Å². The number of pyridine rings is 1. The van der Waals surface area contributed by atoms with Crippen LogP contribution in [0.4, 0.5) is 0 Å². The highest BCUT2D eigenvalue weighted by Crippen LogP contribution is 2.23. The third kappa shape index (κ3) is 5.04. The van der Waals surface area contributed by atoms with Gasteiger partial charge in [0, 0.05) is 57.1 Å². The van der Waals surface area contributed by atoms with Crippen LogP contribution in [0.3, 0.4) is 0 Å². The minimum atomic E-state index is 0.214. The van der Waals surface area contributed by atoms with Gasteiger partial charge in [-0.15, -0.1) is 0 Å². The molecule has 1 aromatic carbocycles. The normalized spacial score (nSPS) is 18.8. The van der Waals surface area contributed by atoms with E-state index >= 15 is 0 Å². The molecular weight excluding hydrogens is 326 g/mol. The molecule has 1 aromatic heterocycles. The second kappa shape index (κ2) is 9.67. The minimum absolute atomic E-state index is 0.214. The van der Waals surface area contributed by atoms with Crippen molar-refractivity contribution in [2.45, 2.75) is 32.5 Å². The Bertz CT molecular complexity index is 665. The van der Waals surface area contributed by atoms with E-state index in [0.717, 1.165) is 50.6 Å². The third-order valence-corrected chi connectivity index (χ3v) is 4.91. The standard InChI is InChI=1S/C21H29N3O2/c1-2-26-21-9-4-3-7-18(21)15-24-13-12-23(17-20(24)10-14-25)16-19-8-5-6-11-22-19/h3-9,11,20,25H,2,10,12-17H2,1H3. The van der Waals surface area contributed by atoms with E-state index < -0.39 is 0 Å². The van der Waals surface area contributed by atoms with Crippen molar-refractivity contribution in [3.05, 3.63) is 59.9 Å². The summed E-state index contributed by atoms with van der Waals surface area (Å²) in [6.07, 6.45) is 2.64. The van der Waals surface area contributed by atoms with Gasteiger partial charge in [0.05, 0.1) is 12.3 Å². The van der Waals surface area contributed by atoms with Crippen LogP contribution in [0, 0.1) is 0 Å². The molecule has 0 amide bonds. The summed E-state index contributed by atoms with van der Waals surface area (Å²) in [4.78, 5) is 9.35. The smallest absolute Gasteiger partial charge is 0.123 e.